The first kappa shape index (κ1) is 25.7. The molecule has 8 heteroatoms. The summed E-state index contributed by atoms with van der Waals surface area (Å²) in [6.07, 6.45) is 3.63. The summed E-state index contributed by atoms with van der Waals surface area (Å²) in [5, 5.41) is 11.0. The number of anilines is 1. The number of phenolic OH excluding ortho intramolecular Hbond substituents is 1. The number of hydrogen-bond donors (Lipinski definition) is 1. The van der Waals surface area contributed by atoms with Crippen LogP contribution in [0.15, 0.2) is 76.9 Å². The van der Waals surface area contributed by atoms with Crippen LogP contribution >= 0.6 is 0 Å². The van der Waals surface area contributed by atoms with Crippen LogP contribution in [0.2, 0.25) is 0 Å². The van der Waals surface area contributed by atoms with Gasteiger partial charge in [-0.2, -0.15) is 0 Å². The number of phenols is 1. The smallest absolute Gasteiger partial charge is 0.238 e. The molecule has 40 heavy (non-hydrogen) atoms. The summed E-state index contributed by atoms with van der Waals surface area (Å²) < 4.78 is 5.57. The van der Waals surface area contributed by atoms with Crippen molar-refractivity contribution in [2.45, 2.75) is 32.6 Å². The second-order valence-corrected chi connectivity index (χ2v) is 10.7. The molecule has 0 aromatic heterocycles. The topological polar surface area (TPSA) is 118 Å². The van der Waals surface area contributed by atoms with Crippen molar-refractivity contribution in [2.75, 3.05) is 12.0 Å². The largest absolute Gasteiger partial charge is 0.507 e. The Morgan fingerprint density at radius 3 is 2.40 bits per heavy atom. The molecule has 0 saturated carbocycles. The summed E-state index contributed by atoms with van der Waals surface area (Å²) in [4.78, 5) is 67.3. The third-order valence-electron chi connectivity index (χ3n) is 8.65. The minimum Gasteiger partial charge on any atom is -0.507 e. The summed E-state index contributed by atoms with van der Waals surface area (Å²) in [5.41, 5.74) is 2.84. The maximum Gasteiger partial charge on any atom is 0.238 e. The molecule has 1 N–H and O–H groups in total. The van der Waals surface area contributed by atoms with Crippen molar-refractivity contribution in [1.82, 2.24) is 0 Å². The van der Waals surface area contributed by atoms with Gasteiger partial charge < -0.3 is 9.84 Å². The summed E-state index contributed by atoms with van der Waals surface area (Å²) in [5.74, 6) is -3.88. The van der Waals surface area contributed by atoms with Crippen molar-refractivity contribution < 1.29 is 33.8 Å². The van der Waals surface area contributed by atoms with Crippen LogP contribution in [0.3, 0.4) is 0 Å². The Hall–Kier alpha value is -4.59. The minimum absolute atomic E-state index is 0.0904. The second kappa shape index (κ2) is 9.26. The minimum atomic E-state index is -0.807. The van der Waals surface area contributed by atoms with E-state index in [1.165, 1.54) is 31.1 Å². The van der Waals surface area contributed by atoms with Gasteiger partial charge in [-0.1, -0.05) is 17.7 Å². The molecule has 1 fully saturated rings. The van der Waals surface area contributed by atoms with Gasteiger partial charge in [-0.25, -0.2) is 0 Å². The number of benzene rings is 2. The number of hydrogen-bond acceptors (Lipinski definition) is 7. The molecule has 0 unspecified atom stereocenters. The normalized spacial score (nSPS) is 25.7. The third-order valence-corrected chi connectivity index (χ3v) is 8.65. The summed E-state index contributed by atoms with van der Waals surface area (Å²) >= 11 is 0. The number of ketones is 3. The van der Waals surface area contributed by atoms with Crippen molar-refractivity contribution in [1.29, 1.82) is 0 Å². The number of rotatable bonds is 4. The molecule has 4 aliphatic rings. The Bertz CT molecular complexity index is 1620. The molecule has 6 rings (SSSR count). The quantitative estimate of drug-likeness (QED) is 0.268. The zero-order valence-corrected chi connectivity index (χ0v) is 22.3. The van der Waals surface area contributed by atoms with E-state index in [2.05, 4.69) is 0 Å². The highest BCUT2D eigenvalue weighted by Gasteiger charge is 2.57. The molecule has 2 amide bonds. The van der Waals surface area contributed by atoms with Crippen LogP contribution in [-0.2, 0) is 19.2 Å². The number of ether oxygens (including phenoxy) is 1. The monoisotopic (exact) mass is 537 g/mol. The first-order valence-electron chi connectivity index (χ1n) is 13.2. The zero-order valence-electron chi connectivity index (χ0n) is 22.3. The lowest BCUT2D eigenvalue weighted by Crippen LogP contribution is -2.40. The number of aromatic hydroxyl groups is 1. The Morgan fingerprint density at radius 1 is 1.00 bits per heavy atom. The molecule has 4 atom stereocenters. The highest BCUT2D eigenvalue weighted by atomic mass is 16.5. The number of carbonyl (C=O) groups is 5. The van der Waals surface area contributed by atoms with Crippen LogP contribution in [-0.4, -0.2) is 41.4 Å². The number of amides is 2. The SMILES string of the molecule is COc1cccc(O)c1[C@H]1C2=CC[C@@H]3C(=O)N(c4ccc(C(C)=O)cc4)C(=O)[C@@H]3[C@@H]2CC2=C1C(=O)C=C(C)C2=O. The molecular weight excluding hydrogens is 510 g/mol. The Balaban J connectivity index is 1.49. The number of carbonyl (C=O) groups excluding carboxylic acids is 5. The molecule has 2 aromatic carbocycles. The highest BCUT2D eigenvalue weighted by Crippen LogP contribution is 2.57. The fourth-order valence-corrected chi connectivity index (χ4v) is 6.81. The Kier molecular flexibility index (Phi) is 5.94. The molecule has 0 spiro atoms. The van der Waals surface area contributed by atoms with E-state index in [0.29, 0.717) is 33.7 Å². The number of Topliss-reactive ketones (excluding diaryl/α,β-unsaturated/α-hetero) is 2. The van der Waals surface area contributed by atoms with Crippen LogP contribution in [0.25, 0.3) is 0 Å². The van der Waals surface area contributed by atoms with Gasteiger partial charge in [-0.3, -0.25) is 28.9 Å². The number of nitrogens with zero attached hydrogens (tertiary/aromatic N) is 1. The summed E-state index contributed by atoms with van der Waals surface area (Å²) in [7, 11) is 1.46. The van der Waals surface area contributed by atoms with E-state index in [4.69, 9.17) is 4.74 Å². The number of methoxy groups -OCH3 is 1. The predicted octanol–water partition coefficient (Wildman–Crippen LogP) is 4.24. The molecule has 0 bridgehead atoms. The van der Waals surface area contributed by atoms with E-state index in [1.54, 1.807) is 43.3 Å². The van der Waals surface area contributed by atoms with E-state index in [9.17, 15) is 29.1 Å². The lowest BCUT2D eigenvalue weighted by molar-refractivity contribution is -0.123. The van der Waals surface area contributed by atoms with Crippen molar-refractivity contribution >= 4 is 34.9 Å². The lowest BCUT2D eigenvalue weighted by Gasteiger charge is -2.42. The molecule has 2 aromatic rings. The fraction of sp³-hybridized carbons (Fsp3) is 0.281. The first-order chi connectivity index (χ1) is 19.1. The standard InChI is InChI=1S/C32H27NO7/c1-15-13-24(36)27-22(30(15)37)14-21-19(28(27)29-23(35)5-4-6-25(29)40-3)11-12-20-26(21)32(39)33(31(20)38)18-9-7-17(8-10-18)16(2)34/h4-11,13,20-21,26,28,35H,12,14H2,1-3H3/t20-,21+,26-,28-/m0/s1. The van der Waals surface area contributed by atoms with Gasteiger partial charge in [0.2, 0.25) is 11.8 Å². The van der Waals surface area contributed by atoms with Gasteiger partial charge >= 0.3 is 0 Å². The van der Waals surface area contributed by atoms with E-state index < -0.39 is 23.7 Å². The van der Waals surface area contributed by atoms with Crippen LogP contribution in [0.4, 0.5) is 5.69 Å². The van der Waals surface area contributed by atoms with Crippen molar-refractivity contribution in [3.63, 3.8) is 0 Å². The lowest BCUT2D eigenvalue weighted by atomic mass is 9.59. The van der Waals surface area contributed by atoms with Crippen molar-refractivity contribution in [3.05, 3.63) is 88.0 Å². The second-order valence-electron chi connectivity index (χ2n) is 10.7. The van der Waals surface area contributed by atoms with Gasteiger partial charge in [0.25, 0.3) is 0 Å². The van der Waals surface area contributed by atoms with Gasteiger partial charge in [0, 0.05) is 33.8 Å². The maximum atomic E-state index is 14.0. The van der Waals surface area contributed by atoms with Gasteiger partial charge in [0.05, 0.1) is 24.6 Å². The van der Waals surface area contributed by atoms with Crippen LogP contribution < -0.4 is 9.64 Å². The molecule has 3 aliphatic carbocycles. The molecule has 8 nitrogen and oxygen atoms in total. The molecular formula is C32H27NO7. The van der Waals surface area contributed by atoms with E-state index >= 15 is 0 Å². The maximum absolute atomic E-state index is 14.0. The van der Waals surface area contributed by atoms with Gasteiger partial charge in [0.1, 0.15) is 11.5 Å². The molecule has 202 valence electrons. The summed E-state index contributed by atoms with van der Waals surface area (Å²) in [6, 6.07) is 11.2. The molecule has 0 radical (unpaired) electrons. The molecule has 1 aliphatic heterocycles. The third kappa shape index (κ3) is 3.62. The zero-order chi connectivity index (χ0) is 28.5. The van der Waals surface area contributed by atoms with Crippen LogP contribution in [0, 0.1) is 17.8 Å². The molecule has 1 saturated heterocycles. The Morgan fingerprint density at radius 2 is 1.73 bits per heavy atom. The van der Waals surface area contributed by atoms with Gasteiger partial charge in [0.15, 0.2) is 17.3 Å². The van der Waals surface area contributed by atoms with E-state index in [0.717, 1.165) is 5.57 Å². The van der Waals surface area contributed by atoms with Gasteiger partial charge in [-0.15, -0.1) is 0 Å². The van der Waals surface area contributed by atoms with E-state index in [-0.39, 0.29) is 53.3 Å². The van der Waals surface area contributed by atoms with Crippen molar-refractivity contribution in [3.8, 4) is 11.5 Å². The van der Waals surface area contributed by atoms with Gasteiger partial charge in [-0.05, 0) is 75.1 Å². The fourth-order valence-electron chi connectivity index (χ4n) is 6.81. The summed E-state index contributed by atoms with van der Waals surface area (Å²) in [6.45, 7) is 3.03. The average Bonchev–Trinajstić information content (AvgIpc) is 3.20. The first-order valence-corrected chi connectivity index (χ1v) is 13.2. The number of imide groups is 1. The molecule has 1 heterocycles. The average molecular weight is 538 g/mol. The highest BCUT2D eigenvalue weighted by molar-refractivity contribution is 6.25. The van der Waals surface area contributed by atoms with Crippen molar-refractivity contribution in [2.24, 2.45) is 17.8 Å². The number of fused-ring (bicyclic) bond motifs is 3. The predicted molar refractivity (Wildman–Crippen MR) is 145 cm³/mol. The Labute approximate surface area is 230 Å². The van der Waals surface area contributed by atoms with Crippen LogP contribution in [0.1, 0.15) is 48.5 Å². The van der Waals surface area contributed by atoms with Crippen LogP contribution in [0.5, 0.6) is 11.5 Å². The van der Waals surface area contributed by atoms with E-state index in [1.807, 2.05) is 6.08 Å². The number of allylic oxidation sites excluding steroid dienone is 6.